The van der Waals surface area contributed by atoms with E-state index in [9.17, 15) is 4.79 Å². The van der Waals surface area contributed by atoms with Gasteiger partial charge in [0.2, 0.25) is 0 Å². The summed E-state index contributed by atoms with van der Waals surface area (Å²) in [5, 5.41) is 2.95. The molecule has 2 aromatic rings. The molecule has 0 saturated heterocycles. The highest BCUT2D eigenvalue weighted by Crippen LogP contribution is 2.19. The molecule has 2 rings (SSSR count). The van der Waals surface area contributed by atoms with Crippen molar-refractivity contribution in [2.24, 2.45) is 0 Å². The maximum Gasteiger partial charge on any atom is 0.276 e. The molecule has 6 nitrogen and oxygen atoms in total. The topological polar surface area (TPSA) is 93.0 Å². The van der Waals surface area contributed by atoms with Crippen molar-refractivity contribution >= 4 is 17.2 Å². The molecule has 0 bridgehead atoms. The normalized spacial score (nSPS) is 9.94. The van der Waals surface area contributed by atoms with Crippen molar-refractivity contribution in [3.05, 3.63) is 40.9 Å². The Hall–Kier alpha value is -2.50. The lowest BCUT2D eigenvalue weighted by Gasteiger charge is -2.07. The predicted molar refractivity (Wildman–Crippen MR) is 65.5 cm³/mol. The minimum atomic E-state index is -0.365. The van der Waals surface area contributed by atoms with Gasteiger partial charge >= 0.3 is 0 Å². The van der Waals surface area contributed by atoms with Crippen LogP contribution >= 0.6 is 0 Å². The molecule has 0 unspecified atom stereocenters. The van der Waals surface area contributed by atoms with Crippen molar-refractivity contribution in [2.45, 2.75) is 0 Å². The third kappa shape index (κ3) is 2.36. The number of aromatic amines is 1. The first-order valence-electron chi connectivity index (χ1n) is 4.95. The summed E-state index contributed by atoms with van der Waals surface area (Å²) in [6, 6.07) is 7.21. The number of aromatic nitrogens is 2. The Balaban J connectivity index is 2.25. The Labute approximate surface area is 97.5 Å². The van der Waals surface area contributed by atoms with E-state index in [1.807, 2.05) is 0 Å². The number of nitrogen functional groups attached to an aromatic ring is 1. The summed E-state index contributed by atoms with van der Waals surface area (Å²) in [4.78, 5) is 17.6. The standard InChI is InChI=1S/C11H12N4O2/c1-17-8-4-2-7(3-5-8)15-10-9(12)11(16)14-6-13-10/h2-6H,12H2,1H3,(H2,13,14,15,16). The molecule has 0 spiro atoms. The van der Waals surface area contributed by atoms with E-state index in [1.165, 1.54) is 6.33 Å². The first-order chi connectivity index (χ1) is 8.20. The largest absolute Gasteiger partial charge is 0.497 e. The Morgan fingerprint density at radius 1 is 1.35 bits per heavy atom. The van der Waals surface area contributed by atoms with Gasteiger partial charge in [0.15, 0.2) is 5.82 Å². The fraction of sp³-hybridized carbons (Fsp3) is 0.0909. The second-order valence-corrected chi connectivity index (χ2v) is 3.35. The van der Waals surface area contributed by atoms with Crippen molar-refractivity contribution < 1.29 is 4.74 Å². The van der Waals surface area contributed by atoms with Gasteiger partial charge < -0.3 is 20.8 Å². The van der Waals surface area contributed by atoms with Gasteiger partial charge in [-0.05, 0) is 24.3 Å². The number of nitrogens with two attached hydrogens (primary N) is 1. The summed E-state index contributed by atoms with van der Waals surface area (Å²) in [5.74, 6) is 1.08. The van der Waals surface area contributed by atoms with Crippen LogP contribution in [0.4, 0.5) is 17.2 Å². The van der Waals surface area contributed by atoms with Crippen molar-refractivity contribution in [3.63, 3.8) is 0 Å². The number of H-pyrrole nitrogens is 1. The van der Waals surface area contributed by atoms with Crippen LogP contribution in [0.5, 0.6) is 5.75 Å². The molecule has 4 N–H and O–H groups in total. The van der Waals surface area contributed by atoms with Crippen LogP contribution in [0.25, 0.3) is 0 Å². The van der Waals surface area contributed by atoms with Crippen molar-refractivity contribution in [1.29, 1.82) is 0 Å². The van der Waals surface area contributed by atoms with Gasteiger partial charge in [0.1, 0.15) is 11.4 Å². The molecule has 0 fully saturated rings. The number of hydrogen-bond donors (Lipinski definition) is 3. The third-order valence-corrected chi connectivity index (χ3v) is 2.24. The lowest BCUT2D eigenvalue weighted by Crippen LogP contribution is -2.14. The average molecular weight is 232 g/mol. The summed E-state index contributed by atoms with van der Waals surface area (Å²) in [6.07, 6.45) is 1.30. The maximum absolute atomic E-state index is 11.2. The van der Waals surface area contributed by atoms with Crippen LogP contribution in [0.15, 0.2) is 35.4 Å². The zero-order valence-electron chi connectivity index (χ0n) is 9.23. The first-order valence-corrected chi connectivity index (χ1v) is 4.95. The molecular weight excluding hydrogens is 220 g/mol. The fourth-order valence-electron chi connectivity index (χ4n) is 1.32. The quantitative estimate of drug-likeness (QED) is 0.737. The zero-order chi connectivity index (χ0) is 12.3. The van der Waals surface area contributed by atoms with Gasteiger partial charge in [-0.2, -0.15) is 0 Å². The molecule has 17 heavy (non-hydrogen) atoms. The minimum Gasteiger partial charge on any atom is -0.497 e. The summed E-state index contributed by atoms with van der Waals surface area (Å²) in [5.41, 5.74) is 6.06. The average Bonchev–Trinajstić information content (AvgIpc) is 2.36. The number of benzene rings is 1. The van der Waals surface area contributed by atoms with Crippen LogP contribution in [-0.2, 0) is 0 Å². The van der Waals surface area contributed by atoms with E-state index < -0.39 is 0 Å². The SMILES string of the molecule is COc1ccc(Nc2nc[nH]c(=O)c2N)cc1. The van der Waals surface area contributed by atoms with Crippen LogP contribution in [0.2, 0.25) is 0 Å². The van der Waals surface area contributed by atoms with E-state index in [4.69, 9.17) is 10.5 Å². The van der Waals surface area contributed by atoms with Gasteiger partial charge in [0.05, 0.1) is 13.4 Å². The Kier molecular flexibility index (Phi) is 2.95. The number of ether oxygens (including phenoxy) is 1. The molecule has 0 aliphatic carbocycles. The number of hydrogen-bond acceptors (Lipinski definition) is 5. The van der Waals surface area contributed by atoms with Crippen LogP contribution in [0.1, 0.15) is 0 Å². The van der Waals surface area contributed by atoms with E-state index in [2.05, 4.69) is 15.3 Å². The van der Waals surface area contributed by atoms with E-state index >= 15 is 0 Å². The summed E-state index contributed by atoms with van der Waals surface area (Å²) in [7, 11) is 1.60. The molecule has 0 amide bonds. The molecule has 1 aromatic carbocycles. The highest BCUT2D eigenvalue weighted by molar-refractivity contribution is 5.67. The smallest absolute Gasteiger partial charge is 0.276 e. The van der Waals surface area contributed by atoms with Crippen LogP contribution in [0, 0.1) is 0 Å². The Morgan fingerprint density at radius 2 is 2.06 bits per heavy atom. The van der Waals surface area contributed by atoms with E-state index in [0.29, 0.717) is 5.82 Å². The van der Waals surface area contributed by atoms with Gasteiger partial charge in [-0.3, -0.25) is 4.79 Å². The Bertz CT molecular complexity index is 562. The van der Waals surface area contributed by atoms with Gasteiger partial charge in [0, 0.05) is 5.69 Å². The predicted octanol–water partition coefficient (Wildman–Crippen LogP) is 1.10. The molecule has 0 saturated carbocycles. The molecule has 1 aromatic heterocycles. The lowest BCUT2D eigenvalue weighted by atomic mass is 10.3. The van der Waals surface area contributed by atoms with Crippen molar-refractivity contribution in [1.82, 2.24) is 9.97 Å². The molecule has 88 valence electrons. The number of methoxy groups -OCH3 is 1. The van der Waals surface area contributed by atoms with Gasteiger partial charge in [-0.15, -0.1) is 0 Å². The van der Waals surface area contributed by atoms with Crippen molar-refractivity contribution in [3.8, 4) is 5.75 Å². The highest BCUT2D eigenvalue weighted by atomic mass is 16.5. The van der Waals surface area contributed by atoms with E-state index in [1.54, 1.807) is 31.4 Å². The van der Waals surface area contributed by atoms with E-state index in [-0.39, 0.29) is 11.2 Å². The summed E-state index contributed by atoms with van der Waals surface area (Å²) < 4.78 is 5.04. The second kappa shape index (κ2) is 4.56. The molecule has 1 heterocycles. The third-order valence-electron chi connectivity index (χ3n) is 2.24. The van der Waals surface area contributed by atoms with Crippen LogP contribution in [-0.4, -0.2) is 17.1 Å². The molecule has 0 aliphatic rings. The summed E-state index contributed by atoms with van der Waals surface area (Å²) in [6.45, 7) is 0. The maximum atomic E-state index is 11.2. The van der Waals surface area contributed by atoms with Crippen LogP contribution in [0.3, 0.4) is 0 Å². The van der Waals surface area contributed by atoms with Gasteiger partial charge in [-0.25, -0.2) is 4.98 Å². The second-order valence-electron chi connectivity index (χ2n) is 3.35. The molecule has 0 radical (unpaired) electrons. The number of anilines is 3. The highest BCUT2D eigenvalue weighted by Gasteiger charge is 2.04. The van der Waals surface area contributed by atoms with Gasteiger partial charge in [0.25, 0.3) is 5.56 Å². The fourth-order valence-corrected chi connectivity index (χ4v) is 1.32. The van der Waals surface area contributed by atoms with Crippen LogP contribution < -0.4 is 21.3 Å². The number of rotatable bonds is 3. The summed E-state index contributed by atoms with van der Waals surface area (Å²) >= 11 is 0. The van der Waals surface area contributed by atoms with E-state index in [0.717, 1.165) is 11.4 Å². The monoisotopic (exact) mass is 232 g/mol. The zero-order valence-corrected chi connectivity index (χ0v) is 9.23. The lowest BCUT2D eigenvalue weighted by molar-refractivity contribution is 0.415. The molecule has 0 aliphatic heterocycles. The first kappa shape index (κ1) is 11.0. The number of nitrogens with one attached hydrogen (secondary N) is 2. The molecule has 6 heteroatoms. The minimum absolute atomic E-state index is 0.0586. The van der Waals surface area contributed by atoms with Crippen molar-refractivity contribution in [2.75, 3.05) is 18.2 Å². The van der Waals surface area contributed by atoms with Gasteiger partial charge in [-0.1, -0.05) is 0 Å². The molecule has 0 atom stereocenters. The molecular formula is C11H12N4O2. The number of nitrogens with zero attached hydrogens (tertiary/aromatic N) is 1. The Morgan fingerprint density at radius 3 is 2.71 bits per heavy atom.